The molecular weight excluding hydrogens is 292 g/mol. The average molecular weight is 308 g/mol. The number of hydrogen-bond acceptors (Lipinski definition) is 3. The molecule has 1 fully saturated rings. The highest BCUT2D eigenvalue weighted by Gasteiger charge is 2.51. The quantitative estimate of drug-likeness (QED) is 0.855. The number of amides is 4. The van der Waals surface area contributed by atoms with Gasteiger partial charge < -0.3 is 0 Å². The highest BCUT2D eigenvalue weighted by molar-refractivity contribution is 6.23. The van der Waals surface area contributed by atoms with Gasteiger partial charge in [-0.2, -0.15) is 0 Å². The first-order valence-electron chi connectivity index (χ1n) is 7.41. The van der Waals surface area contributed by atoms with Crippen molar-refractivity contribution >= 4 is 17.8 Å². The van der Waals surface area contributed by atoms with Crippen LogP contribution in [0.2, 0.25) is 0 Å². The molecule has 23 heavy (non-hydrogen) atoms. The van der Waals surface area contributed by atoms with Gasteiger partial charge in [0.2, 0.25) is 11.8 Å². The summed E-state index contributed by atoms with van der Waals surface area (Å²) in [7, 11) is 0. The van der Waals surface area contributed by atoms with Gasteiger partial charge in [-0.05, 0) is 23.1 Å². The minimum absolute atomic E-state index is 0.252. The van der Waals surface area contributed by atoms with Crippen LogP contribution in [0.5, 0.6) is 0 Å². The van der Waals surface area contributed by atoms with Crippen molar-refractivity contribution < 1.29 is 14.4 Å². The van der Waals surface area contributed by atoms with Crippen LogP contribution in [0.4, 0.5) is 4.79 Å². The second kappa shape index (κ2) is 5.68. The zero-order valence-electron chi connectivity index (χ0n) is 12.6. The number of hydrogen-bond donors (Lipinski definition) is 2. The predicted octanol–water partition coefficient (Wildman–Crippen LogP) is 2.37. The Labute approximate surface area is 133 Å². The third-order valence-electron chi connectivity index (χ3n) is 4.23. The lowest BCUT2D eigenvalue weighted by molar-refractivity contribution is -0.138. The summed E-state index contributed by atoms with van der Waals surface area (Å²) in [5.41, 5.74) is 0.889. The molecule has 4 amide bonds. The molecular formula is C18H16N2O3. The van der Waals surface area contributed by atoms with E-state index in [4.69, 9.17) is 0 Å². The molecule has 2 aromatic rings. The Bertz CT molecular complexity index is 764. The summed E-state index contributed by atoms with van der Waals surface area (Å²) >= 11 is 0. The van der Waals surface area contributed by atoms with Gasteiger partial charge in [0.25, 0.3) is 0 Å². The van der Waals surface area contributed by atoms with Crippen LogP contribution in [-0.4, -0.2) is 17.8 Å². The van der Waals surface area contributed by atoms with E-state index >= 15 is 0 Å². The normalized spacial score (nSPS) is 16.7. The molecule has 1 aliphatic heterocycles. The number of rotatable bonds is 3. The van der Waals surface area contributed by atoms with Gasteiger partial charge in [0.15, 0.2) is 5.41 Å². The monoisotopic (exact) mass is 308 g/mol. The van der Waals surface area contributed by atoms with Crippen molar-refractivity contribution in [2.75, 3.05) is 0 Å². The second-order valence-electron chi connectivity index (χ2n) is 5.41. The Kier molecular flexibility index (Phi) is 3.70. The summed E-state index contributed by atoms with van der Waals surface area (Å²) in [4.78, 5) is 36.5. The molecule has 2 N–H and O–H groups in total. The van der Waals surface area contributed by atoms with Gasteiger partial charge in [0.05, 0.1) is 0 Å². The molecule has 1 heterocycles. The molecule has 0 aromatic heterocycles. The van der Waals surface area contributed by atoms with Crippen LogP contribution < -0.4 is 10.6 Å². The van der Waals surface area contributed by atoms with Crippen LogP contribution in [0.1, 0.15) is 18.9 Å². The van der Waals surface area contributed by atoms with Gasteiger partial charge in [-0.25, -0.2) is 4.79 Å². The highest BCUT2D eigenvalue weighted by atomic mass is 16.2. The Morgan fingerprint density at radius 3 is 2.00 bits per heavy atom. The van der Waals surface area contributed by atoms with Crippen LogP contribution >= 0.6 is 0 Å². The van der Waals surface area contributed by atoms with E-state index in [9.17, 15) is 14.4 Å². The van der Waals surface area contributed by atoms with E-state index in [1.165, 1.54) is 0 Å². The molecule has 1 aliphatic rings. The Morgan fingerprint density at radius 1 is 0.826 bits per heavy atom. The van der Waals surface area contributed by atoms with Gasteiger partial charge in [-0.3, -0.25) is 20.2 Å². The van der Waals surface area contributed by atoms with E-state index in [-0.39, 0.29) is 6.42 Å². The second-order valence-corrected chi connectivity index (χ2v) is 5.41. The fourth-order valence-corrected chi connectivity index (χ4v) is 3.03. The first kappa shape index (κ1) is 15.0. The summed E-state index contributed by atoms with van der Waals surface area (Å²) in [5, 5.41) is 4.44. The molecule has 0 spiro atoms. The summed E-state index contributed by atoms with van der Waals surface area (Å²) in [6.07, 6.45) is 0.252. The van der Waals surface area contributed by atoms with Crippen molar-refractivity contribution in [3.63, 3.8) is 0 Å². The van der Waals surface area contributed by atoms with E-state index in [1.807, 2.05) is 42.5 Å². The van der Waals surface area contributed by atoms with Crippen LogP contribution in [-0.2, 0) is 15.0 Å². The smallest absolute Gasteiger partial charge is 0.277 e. The molecule has 3 rings (SSSR count). The van der Waals surface area contributed by atoms with Crippen molar-refractivity contribution in [3.8, 4) is 11.1 Å². The van der Waals surface area contributed by atoms with Crippen molar-refractivity contribution in [3.05, 3.63) is 60.2 Å². The fourth-order valence-electron chi connectivity index (χ4n) is 3.03. The molecule has 0 atom stereocenters. The summed E-state index contributed by atoms with van der Waals surface area (Å²) < 4.78 is 0. The van der Waals surface area contributed by atoms with Crippen molar-refractivity contribution in [1.82, 2.24) is 10.6 Å². The number of benzene rings is 2. The van der Waals surface area contributed by atoms with Crippen molar-refractivity contribution in [2.45, 2.75) is 18.8 Å². The topological polar surface area (TPSA) is 75.3 Å². The Morgan fingerprint density at radius 2 is 1.39 bits per heavy atom. The average Bonchev–Trinajstić information content (AvgIpc) is 2.56. The molecule has 5 nitrogen and oxygen atoms in total. The molecule has 0 bridgehead atoms. The summed E-state index contributed by atoms with van der Waals surface area (Å²) in [6, 6.07) is 16.1. The van der Waals surface area contributed by atoms with Crippen LogP contribution in [0.3, 0.4) is 0 Å². The molecule has 0 aliphatic carbocycles. The van der Waals surface area contributed by atoms with Gasteiger partial charge >= 0.3 is 6.03 Å². The predicted molar refractivity (Wildman–Crippen MR) is 85.5 cm³/mol. The third kappa shape index (κ3) is 2.30. The molecule has 0 unspecified atom stereocenters. The lowest BCUT2D eigenvalue weighted by Crippen LogP contribution is -2.64. The van der Waals surface area contributed by atoms with E-state index in [1.54, 1.807) is 19.1 Å². The minimum Gasteiger partial charge on any atom is -0.277 e. The number of carbonyl (C=O) groups is 3. The molecule has 5 heteroatoms. The lowest BCUT2D eigenvalue weighted by atomic mass is 9.72. The Balaban J connectivity index is 2.23. The fraction of sp³-hybridized carbons (Fsp3) is 0.167. The standard InChI is InChI=1S/C18H16N2O3/c1-2-18(15(21)19-17(23)20-16(18)22)14-11-7-6-10-13(14)12-8-4-3-5-9-12/h3-11H,2H2,1H3,(H2,19,20,21,22,23). The van der Waals surface area contributed by atoms with E-state index < -0.39 is 23.3 Å². The number of nitrogens with one attached hydrogen (secondary N) is 2. The van der Waals surface area contributed by atoms with Crippen LogP contribution in [0, 0.1) is 0 Å². The van der Waals surface area contributed by atoms with Crippen LogP contribution in [0.15, 0.2) is 54.6 Å². The molecule has 0 saturated carbocycles. The van der Waals surface area contributed by atoms with E-state index in [2.05, 4.69) is 10.6 Å². The zero-order chi connectivity index (χ0) is 16.4. The minimum atomic E-state index is -1.42. The van der Waals surface area contributed by atoms with Gasteiger partial charge in [-0.15, -0.1) is 0 Å². The SMILES string of the molecule is CCC1(c2ccccc2-c2ccccc2)C(=O)NC(=O)NC1=O. The third-order valence-corrected chi connectivity index (χ3v) is 4.23. The van der Waals surface area contributed by atoms with Crippen molar-refractivity contribution in [1.29, 1.82) is 0 Å². The van der Waals surface area contributed by atoms with Gasteiger partial charge in [-0.1, -0.05) is 61.5 Å². The van der Waals surface area contributed by atoms with Crippen LogP contribution in [0.25, 0.3) is 11.1 Å². The van der Waals surface area contributed by atoms with Gasteiger partial charge in [0.1, 0.15) is 0 Å². The maximum absolute atomic E-state index is 12.6. The van der Waals surface area contributed by atoms with E-state index in [0.29, 0.717) is 5.56 Å². The highest BCUT2D eigenvalue weighted by Crippen LogP contribution is 2.37. The van der Waals surface area contributed by atoms with Gasteiger partial charge in [0, 0.05) is 0 Å². The van der Waals surface area contributed by atoms with E-state index in [0.717, 1.165) is 11.1 Å². The first-order chi connectivity index (χ1) is 11.1. The zero-order valence-corrected chi connectivity index (χ0v) is 12.6. The summed E-state index contributed by atoms with van der Waals surface area (Å²) in [5.74, 6) is -1.17. The number of carbonyl (C=O) groups excluding carboxylic acids is 3. The molecule has 0 radical (unpaired) electrons. The number of imide groups is 2. The molecule has 2 aromatic carbocycles. The largest absolute Gasteiger partial charge is 0.328 e. The molecule has 1 saturated heterocycles. The lowest BCUT2D eigenvalue weighted by Gasteiger charge is -2.34. The number of urea groups is 1. The molecule has 116 valence electrons. The van der Waals surface area contributed by atoms with Crippen molar-refractivity contribution in [2.24, 2.45) is 0 Å². The number of barbiturate groups is 1. The maximum Gasteiger partial charge on any atom is 0.328 e. The summed E-state index contributed by atoms with van der Waals surface area (Å²) in [6.45, 7) is 1.76. The maximum atomic E-state index is 12.6. The Hall–Kier alpha value is -2.95. The first-order valence-corrected chi connectivity index (χ1v) is 7.41.